The molecule has 0 radical (unpaired) electrons. The molecule has 2 rings (SSSR count). The van der Waals surface area contributed by atoms with Gasteiger partial charge in [-0.3, -0.25) is 0 Å². The molecule has 2 N–H and O–H groups in total. The van der Waals surface area contributed by atoms with Crippen LogP contribution in [0.25, 0.3) is 0 Å². The van der Waals surface area contributed by atoms with Crippen LogP contribution in [0.4, 0.5) is 10.1 Å². The predicted octanol–water partition coefficient (Wildman–Crippen LogP) is 3.18. The molecule has 18 heavy (non-hydrogen) atoms. The maximum atomic E-state index is 14.1. The van der Waals surface area contributed by atoms with Crippen molar-refractivity contribution >= 4 is 17.4 Å². The Labute approximate surface area is 113 Å². The summed E-state index contributed by atoms with van der Waals surface area (Å²) in [7, 11) is 0. The molecule has 1 aliphatic heterocycles. The third kappa shape index (κ3) is 2.81. The molecule has 0 amide bonds. The van der Waals surface area contributed by atoms with Gasteiger partial charge in [-0.1, -0.05) is 12.1 Å². The molecule has 1 aromatic carbocycles. The van der Waals surface area contributed by atoms with Crippen LogP contribution in [0.5, 0.6) is 0 Å². The van der Waals surface area contributed by atoms with Crippen molar-refractivity contribution in [2.24, 2.45) is 5.73 Å². The Kier molecular flexibility index (Phi) is 3.87. The molecule has 1 fully saturated rings. The van der Waals surface area contributed by atoms with Crippen LogP contribution in [0.15, 0.2) is 18.2 Å². The summed E-state index contributed by atoms with van der Waals surface area (Å²) in [4.78, 5) is 2.14. The van der Waals surface area contributed by atoms with E-state index >= 15 is 0 Å². The number of anilines is 1. The molecular weight excluding hydrogens is 247 g/mol. The zero-order valence-corrected chi connectivity index (χ0v) is 12.1. The van der Waals surface area contributed by atoms with Gasteiger partial charge in [0.05, 0.1) is 5.69 Å². The van der Waals surface area contributed by atoms with Gasteiger partial charge in [0.1, 0.15) is 5.82 Å². The van der Waals surface area contributed by atoms with Gasteiger partial charge in [-0.25, -0.2) is 4.39 Å². The number of nitrogens with zero attached hydrogens (tertiary/aromatic N) is 1. The minimum Gasteiger partial charge on any atom is -0.367 e. The maximum absolute atomic E-state index is 14.1. The van der Waals surface area contributed by atoms with Gasteiger partial charge in [0.2, 0.25) is 0 Å². The molecule has 1 saturated heterocycles. The van der Waals surface area contributed by atoms with Crippen molar-refractivity contribution in [1.82, 2.24) is 0 Å². The van der Waals surface area contributed by atoms with E-state index in [0.29, 0.717) is 5.69 Å². The zero-order chi connectivity index (χ0) is 13.3. The highest BCUT2D eigenvalue weighted by Gasteiger charge is 2.29. The number of thioether (sulfide) groups is 1. The largest absolute Gasteiger partial charge is 0.367 e. The second kappa shape index (κ2) is 5.10. The number of halogens is 1. The van der Waals surface area contributed by atoms with E-state index in [-0.39, 0.29) is 16.6 Å². The SMILES string of the molecule is C[C@@H](N)c1cccc(F)c1N1CCSC(C)(C)C1. The van der Waals surface area contributed by atoms with Crippen LogP contribution >= 0.6 is 11.8 Å². The normalized spacial score (nSPS) is 20.8. The summed E-state index contributed by atoms with van der Waals surface area (Å²) in [5.41, 5.74) is 7.56. The lowest BCUT2D eigenvalue weighted by molar-refractivity contribution is 0.590. The molecule has 100 valence electrons. The van der Waals surface area contributed by atoms with Crippen molar-refractivity contribution in [1.29, 1.82) is 0 Å². The average Bonchev–Trinajstić information content (AvgIpc) is 2.27. The molecule has 2 nitrogen and oxygen atoms in total. The monoisotopic (exact) mass is 268 g/mol. The third-order valence-corrected chi connectivity index (χ3v) is 4.55. The fraction of sp³-hybridized carbons (Fsp3) is 0.571. The first kappa shape index (κ1) is 13.7. The molecule has 0 unspecified atom stereocenters. The number of para-hydroxylation sites is 1. The molecule has 0 aliphatic carbocycles. The van der Waals surface area contributed by atoms with Crippen molar-refractivity contribution in [3.63, 3.8) is 0 Å². The Hall–Kier alpha value is -0.740. The van der Waals surface area contributed by atoms with E-state index < -0.39 is 0 Å². The molecule has 1 aliphatic rings. The summed E-state index contributed by atoms with van der Waals surface area (Å²) in [6.07, 6.45) is 0. The van der Waals surface area contributed by atoms with E-state index in [1.54, 1.807) is 6.07 Å². The average molecular weight is 268 g/mol. The lowest BCUT2D eigenvalue weighted by Gasteiger charge is -2.40. The third-order valence-electron chi connectivity index (χ3n) is 3.25. The Balaban J connectivity index is 2.38. The van der Waals surface area contributed by atoms with Gasteiger partial charge >= 0.3 is 0 Å². The lowest BCUT2D eigenvalue weighted by Crippen LogP contribution is -2.44. The molecule has 0 saturated carbocycles. The topological polar surface area (TPSA) is 29.3 Å². The second-order valence-corrected chi connectivity index (χ2v) is 7.30. The zero-order valence-electron chi connectivity index (χ0n) is 11.2. The van der Waals surface area contributed by atoms with E-state index in [1.807, 2.05) is 24.8 Å². The molecular formula is C14H21FN2S. The molecule has 1 atom stereocenters. The van der Waals surface area contributed by atoms with E-state index in [9.17, 15) is 4.39 Å². The van der Waals surface area contributed by atoms with Crippen LogP contribution in [0.3, 0.4) is 0 Å². The first-order valence-corrected chi connectivity index (χ1v) is 7.32. The number of hydrogen-bond acceptors (Lipinski definition) is 3. The first-order valence-electron chi connectivity index (χ1n) is 6.33. The highest BCUT2D eigenvalue weighted by molar-refractivity contribution is 8.00. The Morgan fingerprint density at radius 1 is 1.44 bits per heavy atom. The summed E-state index contributed by atoms with van der Waals surface area (Å²) < 4.78 is 14.3. The summed E-state index contributed by atoms with van der Waals surface area (Å²) in [5, 5.41) is 0. The number of benzene rings is 1. The van der Waals surface area contributed by atoms with Crippen molar-refractivity contribution in [3.8, 4) is 0 Å². The summed E-state index contributed by atoms with van der Waals surface area (Å²) in [6, 6.07) is 5.04. The quantitative estimate of drug-likeness (QED) is 0.893. The van der Waals surface area contributed by atoms with E-state index in [4.69, 9.17) is 5.73 Å². The lowest BCUT2D eigenvalue weighted by atomic mass is 10.0. The first-order chi connectivity index (χ1) is 8.41. The fourth-order valence-electron chi connectivity index (χ4n) is 2.44. The van der Waals surface area contributed by atoms with Crippen molar-refractivity contribution in [3.05, 3.63) is 29.6 Å². The second-order valence-electron chi connectivity index (χ2n) is 5.50. The number of hydrogen-bond donors (Lipinski definition) is 1. The highest BCUT2D eigenvalue weighted by Crippen LogP contribution is 2.36. The minimum absolute atomic E-state index is 0.145. The molecule has 1 heterocycles. The van der Waals surface area contributed by atoms with Gasteiger partial charge in [-0.15, -0.1) is 0 Å². The van der Waals surface area contributed by atoms with Crippen LogP contribution in [0, 0.1) is 5.82 Å². The van der Waals surface area contributed by atoms with Crippen molar-refractivity contribution < 1.29 is 4.39 Å². The smallest absolute Gasteiger partial charge is 0.146 e. The minimum atomic E-state index is -0.160. The van der Waals surface area contributed by atoms with Crippen LogP contribution < -0.4 is 10.6 Å². The van der Waals surface area contributed by atoms with Crippen molar-refractivity contribution in [2.75, 3.05) is 23.7 Å². The molecule has 0 aromatic heterocycles. The summed E-state index contributed by atoms with van der Waals surface area (Å²) in [5.74, 6) is 0.868. The molecule has 4 heteroatoms. The van der Waals surface area contributed by atoms with Crippen LogP contribution in [0.2, 0.25) is 0 Å². The van der Waals surface area contributed by atoms with Gasteiger partial charge in [0.15, 0.2) is 0 Å². The number of rotatable bonds is 2. The predicted molar refractivity (Wildman–Crippen MR) is 77.8 cm³/mol. The van der Waals surface area contributed by atoms with Gasteiger partial charge in [0, 0.05) is 29.6 Å². The van der Waals surface area contributed by atoms with Crippen LogP contribution in [-0.2, 0) is 0 Å². The summed E-state index contributed by atoms with van der Waals surface area (Å²) >= 11 is 1.94. The highest BCUT2D eigenvalue weighted by atomic mass is 32.2. The Bertz CT molecular complexity index is 432. The Morgan fingerprint density at radius 2 is 2.17 bits per heavy atom. The maximum Gasteiger partial charge on any atom is 0.146 e. The summed E-state index contributed by atoms with van der Waals surface area (Å²) in [6.45, 7) is 8.06. The van der Waals surface area contributed by atoms with Crippen molar-refractivity contribution in [2.45, 2.75) is 31.6 Å². The van der Waals surface area contributed by atoms with Gasteiger partial charge < -0.3 is 10.6 Å². The van der Waals surface area contributed by atoms with Crippen LogP contribution in [-0.4, -0.2) is 23.6 Å². The van der Waals surface area contributed by atoms with E-state index in [0.717, 1.165) is 24.4 Å². The Morgan fingerprint density at radius 3 is 2.78 bits per heavy atom. The van der Waals surface area contributed by atoms with Gasteiger partial charge in [-0.2, -0.15) is 11.8 Å². The standard InChI is InChI=1S/C14H21FN2S/c1-10(16)11-5-4-6-12(15)13(11)17-7-8-18-14(2,3)9-17/h4-6,10H,7-9,16H2,1-3H3/t10-/m1/s1. The molecule has 1 aromatic rings. The van der Waals surface area contributed by atoms with Gasteiger partial charge in [-0.05, 0) is 32.4 Å². The van der Waals surface area contributed by atoms with E-state index in [2.05, 4.69) is 18.7 Å². The van der Waals surface area contributed by atoms with Crippen LogP contribution in [0.1, 0.15) is 32.4 Å². The van der Waals surface area contributed by atoms with Gasteiger partial charge in [0.25, 0.3) is 0 Å². The molecule has 0 bridgehead atoms. The fourth-order valence-corrected chi connectivity index (χ4v) is 3.55. The number of nitrogens with two attached hydrogens (primary N) is 1. The molecule has 0 spiro atoms. The van der Waals surface area contributed by atoms with E-state index in [1.165, 1.54) is 6.07 Å².